The van der Waals surface area contributed by atoms with Crippen LogP contribution in [0.2, 0.25) is 0 Å². The van der Waals surface area contributed by atoms with E-state index >= 15 is 0 Å². The van der Waals surface area contributed by atoms with Gasteiger partial charge in [0.15, 0.2) is 0 Å². The van der Waals surface area contributed by atoms with Crippen molar-refractivity contribution in [2.24, 2.45) is 23.1 Å². The molecular formula is C22H36N8O7. The Hall–Kier alpha value is -4.01. The summed E-state index contributed by atoms with van der Waals surface area (Å²) in [6.45, 7) is 3.60. The van der Waals surface area contributed by atoms with Crippen molar-refractivity contribution in [3.8, 4) is 0 Å². The maximum absolute atomic E-state index is 13.1. The molecule has 0 radical (unpaired) electrons. The molecule has 4 unspecified atom stereocenters. The topological polar surface area (TPSA) is 265 Å². The number of nitrogens with zero attached hydrogens (tertiary/aromatic N) is 1. The smallest absolute Gasteiger partial charge is 0.326 e. The van der Waals surface area contributed by atoms with Crippen molar-refractivity contribution in [1.29, 1.82) is 0 Å². The molecule has 5 amide bonds. The predicted octanol–water partition coefficient (Wildman–Crippen LogP) is -2.60. The molecule has 0 aliphatic heterocycles. The molecule has 0 fully saturated rings. The molecule has 15 nitrogen and oxygen atoms in total. The van der Waals surface area contributed by atoms with E-state index in [9.17, 15) is 33.9 Å². The second-order valence-corrected chi connectivity index (χ2v) is 9.05. The van der Waals surface area contributed by atoms with E-state index in [1.165, 1.54) is 12.5 Å². The van der Waals surface area contributed by atoms with Gasteiger partial charge in [0.1, 0.15) is 18.1 Å². The monoisotopic (exact) mass is 524 g/mol. The number of aromatic amines is 1. The van der Waals surface area contributed by atoms with Gasteiger partial charge in [0, 0.05) is 31.2 Å². The number of H-pyrrole nitrogens is 1. The summed E-state index contributed by atoms with van der Waals surface area (Å²) in [6, 6.07) is -4.91. The Labute approximate surface area is 213 Å². The number of nitrogens with one attached hydrogen (secondary N) is 4. The van der Waals surface area contributed by atoms with Crippen LogP contribution in [0, 0.1) is 5.92 Å². The molecule has 206 valence electrons. The van der Waals surface area contributed by atoms with E-state index in [0.717, 1.165) is 0 Å². The Bertz CT molecular complexity index is 951. The molecular weight excluding hydrogens is 488 g/mol. The van der Waals surface area contributed by atoms with E-state index in [2.05, 4.69) is 25.9 Å². The Morgan fingerprint density at radius 3 is 1.95 bits per heavy atom. The molecule has 1 aromatic rings. The zero-order valence-electron chi connectivity index (χ0n) is 20.9. The van der Waals surface area contributed by atoms with Gasteiger partial charge >= 0.3 is 5.97 Å². The maximum Gasteiger partial charge on any atom is 0.326 e. The normalized spacial score (nSPS) is 14.2. The summed E-state index contributed by atoms with van der Waals surface area (Å²) in [5.74, 6) is -5.02. The number of hydrogen-bond donors (Lipinski definition) is 8. The van der Waals surface area contributed by atoms with Gasteiger partial charge in [-0.25, -0.2) is 9.78 Å². The molecule has 0 bridgehead atoms. The Balaban J connectivity index is 3.07. The predicted molar refractivity (Wildman–Crippen MR) is 130 cm³/mol. The van der Waals surface area contributed by atoms with Crippen LogP contribution < -0.4 is 33.2 Å². The number of carboxylic acid groups (broad SMARTS) is 1. The highest BCUT2D eigenvalue weighted by Crippen LogP contribution is 2.08. The van der Waals surface area contributed by atoms with Crippen LogP contribution in [0.5, 0.6) is 0 Å². The fourth-order valence-corrected chi connectivity index (χ4v) is 3.33. The quantitative estimate of drug-likeness (QED) is 0.106. The minimum absolute atomic E-state index is 0.0331. The standard InChI is InChI=1S/C22H36N8O7/c1-11(2)7-16(22(36)37)30-21(35)15(8-12-9-26-10-27-12)29-20(34)14(4-6-18(25)32)28-19(33)13(23)3-5-17(24)31/h9-11,13-16H,3-8,23H2,1-2H3,(H2,24,31)(H2,25,32)(H,26,27)(H,28,33)(H,29,34)(H,30,35)(H,36,37). The van der Waals surface area contributed by atoms with E-state index in [-0.39, 0.29) is 44.4 Å². The second kappa shape index (κ2) is 15.2. The molecule has 4 atom stereocenters. The third-order valence-corrected chi connectivity index (χ3v) is 5.28. The van der Waals surface area contributed by atoms with Crippen LogP contribution in [0.3, 0.4) is 0 Å². The summed E-state index contributed by atoms with van der Waals surface area (Å²) in [6.07, 6.45) is 2.21. The summed E-state index contributed by atoms with van der Waals surface area (Å²) in [4.78, 5) is 79.2. The molecule has 0 saturated heterocycles. The minimum atomic E-state index is -1.30. The summed E-state index contributed by atoms with van der Waals surface area (Å²) < 4.78 is 0. The van der Waals surface area contributed by atoms with Gasteiger partial charge in [-0.05, 0) is 25.2 Å². The van der Waals surface area contributed by atoms with E-state index < -0.39 is 59.7 Å². The number of carboxylic acids is 1. The van der Waals surface area contributed by atoms with Crippen LogP contribution in [-0.2, 0) is 35.2 Å². The SMILES string of the molecule is CC(C)CC(NC(=O)C(Cc1cnc[nH]1)NC(=O)C(CCC(N)=O)NC(=O)C(N)CCC(N)=O)C(=O)O. The lowest BCUT2D eigenvalue weighted by Crippen LogP contribution is -2.57. The molecule has 1 aromatic heterocycles. The number of aliphatic carboxylic acids is 1. The lowest BCUT2D eigenvalue weighted by atomic mass is 10.0. The first-order valence-corrected chi connectivity index (χ1v) is 11.7. The molecule has 0 aliphatic rings. The van der Waals surface area contributed by atoms with Gasteiger partial charge < -0.3 is 43.2 Å². The summed E-state index contributed by atoms with van der Waals surface area (Å²) in [7, 11) is 0. The second-order valence-electron chi connectivity index (χ2n) is 9.05. The van der Waals surface area contributed by atoms with Gasteiger partial charge in [-0.15, -0.1) is 0 Å². The summed E-state index contributed by atoms with van der Waals surface area (Å²) in [5.41, 5.74) is 16.5. The first-order valence-electron chi connectivity index (χ1n) is 11.7. The first-order chi connectivity index (χ1) is 17.3. The van der Waals surface area contributed by atoms with Gasteiger partial charge in [0.2, 0.25) is 29.5 Å². The van der Waals surface area contributed by atoms with Gasteiger partial charge in [0.05, 0.1) is 12.4 Å². The maximum atomic E-state index is 13.1. The highest BCUT2D eigenvalue weighted by atomic mass is 16.4. The third kappa shape index (κ3) is 12.0. The Morgan fingerprint density at radius 2 is 1.43 bits per heavy atom. The van der Waals surface area contributed by atoms with Crippen molar-refractivity contribution in [2.75, 3.05) is 0 Å². The van der Waals surface area contributed by atoms with Crippen molar-refractivity contribution in [1.82, 2.24) is 25.9 Å². The van der Waals surface area contributed by atoms with Gasteiger partial charge in [-0.3, -0.25) is 24.0 Å². The summed E-state index contributed by atoms with van der Waals surface area (Å²) >= 11 is 0. The summed E-state index contributed by atoms with van der Waals surface area (Å²) in [5, 5.41) is 16.8. The van der Waals surface area contributed by atoms with Crippen molar-refractivity contribution < 1.29 is 33.9 Å². The van der Waals surface area contributed by atoms with E-state index in [4.69, 9.17) is 17.2 Å². The van der Waals surface area contributed by atoms with Crippen LogP contribution in [0.1, 0.15) is 51.6 Å². The van der Waals surface area contributed by atoms with Crippen LogP contribution in [-0.4, -0.2) is 74.7 Å². The zero-order valence-corrected chi connectivity index (χ0v) is 20.9. The number of hydrogen-bond acceptors (Lipinski definition) is 8. The average molecular weight is 525 g/mol. The molecule has 0 aliphatic carbocycles. The van der Waals surface area contributed by atoms with Gasteiger partial charge in [-0.1, -0.05) is 13.8 Å². The van der Waals surface area contributed by atoms with Crippen LogP contribution in [0.25, 0.3) is 0 Å². The van der Waals surface area contributed by atoms with E-state index in [1.807, 2.05) is 0 Å². The average Bonchev–Trinajstić information content (AvgIpc) is 3.31. The highest BCUT2D eigenvalue weighted by molar-refractivity contribution is 5.94. The number of nitrogens with two attached hydrogens (primary N) is 3. The third-order valence-electron chi connectivity index (χ3n) is 5.28. The fraction of sp³-hybridized carbons (Fsp3) is 0.591. The van der Waals surface area contributed by atoms with Crippen LogP contribution in [0.4, 0.5) is 0 Å². The van der Waals surface area contributed by atoms with Crippen LogP contribution >= 0.6 is 0 Å². The highest BCUT2D eigenvalue weighted by Gasteiger charge is 2.31. The molecule has 11 N–H and O–H groups in total. The molecule has 37 heavy (non-hydrogen) atoms. The lowest BCUT2D eigenvalue weighted by Gasteiger charge is -2.25. The number of aromatic nitrogens is 2. The van der Waals surface area contributed by atoms with Crippen molar-refractivity contribution in [3.63, 3.8) is 0 Å². The number of amides is 5. The van der Waals surface area contributed by atoms with Gasteiger partial charge in [0.25, 0.3) is 0 Å². The van der Waals surface area contributed by atoms with E-state index in [0.29, 0.717) is 5.69 Å². The molecule has 0 saturated carbocycles. The zero-order chi connectivity index (χ0) is 28.1. The largest absolute Gasteiger partial charge is 0.480 e. The minimum Gasteiger partial charge on any atom is -0.480 e. The molecule has 0 aromatic carbocycles. The molecule has 1 rings (SSSR count). The lowest BCUT2D eigenvalue weighted by molar-refractivity contribution is -0.142. The number of carbonyl (C=O) groups excluding carboxylic acids is 5. The van der Waals surface area contributed by atoms with Gasteiger partial charge in [-0.2, -0.15) is 0 Å². The Morgan fingerprint density at radius 1 is 0.892 bits per heavy atom. The molecule has 1 heterocycles. The fourth-order valence-electron chi connectivity index (χ4n) is 3.33. The number of rotatable bonds is 17. The molecule has 15 heteroatoms. The van der Waals surface area contributed by atoms with E-state index in [1.54, 1.807) is 13.8 Å². The molecule has 0 spiro atoms. The van der Waals surface area contributed by atoms with Crippen molar-refractivity contribution in [3.05, 3.63) is 18.2 Å². The number of carbonyl (C=O) groups is 6. The van der Waals surface area contributed by atoms with Crippen molar-refractivity contribution in [2.45, 2.75) is 76.5 Å². The Kier molecular flexibility index (Phi) is 12.7. The van der Waals surface area contributed by atoms with Crippen molar-refractivity contribution >= 4 is 35.5 Å². The first kappa shape index (κ1) is 31.0. The number of imidazole rings is 1. The number of primary amides is 2. The van der Waals surface area contributed by atoms with Crippen LogP contribution in [0.15, 0.2) is 12.5 Å².